The molecule has 1 aliphatic heterocycles. The zero-order valence-corrected chi connectivity index (χ0v) is 18.5. The molecule has 1 fully saturated rings. The lowest BCUT2D eigenvalue weighted by atomic mass is 9.97. The van der Waals surface area contributed by atoms with E-state index in [2.05, 4.69) is 20.5 Å². The van der Waals surface area contributed by atoms with Gasteiger partial charge >= 0.3 is 5.97 Å². The molecule has 0 saturated carbocycles. The van der Waals surface area contributed by atoms with Crippen molar-refractivity contribution in [2.24, 2.45) is 10.9 Å². The summed E-state index contributed by atoms with van der Waals surface area (Å²) >= 11 is 0. The highest BCUT2D eigenvalue weighted by molar-refractivity contribution is 14.0. The van der Waals surface area contributed by atoms with E-state index >= 15 is 0 Å². The van der Waals surface area contributed by atoms with Crippen molar-refractivity contribution in [2.75, 3.05) is 32.1 Å². The molecule has 1 amide bonds. The summed E-state index contributed by atoms with van der Waals surface area (Å²) in [5.41, 5.74) is 1.83. The Morgan fingerprint density at radius 1 is 1.30 bits per heavy atom. The average molecular weight is 488 g/mol. The van der Waals surface area contributed by atoms with Crippen molar-refractivity contribution in [3.05, 3.63) is 29.8 Å². The van der Waals surface area contributed by atoms with Crippen LogP contribution in [0.4, 0.5) is 5.69 Å². The lowest BCUT2D eigenvalue weighted by Gasteiger charge is -2.33. The Bertz CT molecular complexity index is 658. The number of halogens is 1. The van der Waals surface area contributed by atoms with E-state index < -0.39 is 0 Å². The topological polar surface area (TPSA) is 83.0 Å². The Labute approximate surface area is 178 Å². The summed E-state index contributed by atoms with van der Waals surface area (Å²) in [6, 6.07) is 7.71. The Morgan fingerprint density at radius 2 is 2.00 bits per heavy atom. The molecule has 1 aromatic carbocycles. The number of hydrogen-bond donors (Lipinski definition) is 2. The molecule has 0 radical (unpaired) electrons. The molecule has 1 aliphatic rings. The molecular formula is C19H29IN4O3. The Hall–Kier alpha value is -1.84. The zero-order valence-electron chi connectivity index (χ0n) is 16.2. The maximum atomic E-state index is 11.8. The van der Waals surface area contributed by atoms with Crippen LogP contribution in [0, 0.1) is 5.92 Å². The van der Waals surface area contributed by atoms with Crippen LogP contribution in [-0.4, -0.2) is 49.5 Å². The molecule has 1 saturated heterocycles. The van der Waals surface area contributed by atoms with E-state index in [0.717, 1.165) is 43.1 Å². The second-order valence-corrected chi connectivity index (χ2v) is 6.30. The molecule has 27 heavy (non-hydrogen) atoms. The average Bonchev–Trinajstić information content (AvgIpc) is 2.63. The first-order valence-corrected chi connectivity index (χ1v) is 9.02. The van der Waals surface area contributed by atoms with E-state index in [4.69, 9.17) is 4.74 Å². The van der Waals surface area contributed by atoms with Gasteiger partial charge in [-0.25, -0.2) is 0 Å². The van der Waals surface area contributed by atoms with E-state index in [1.807, 2.05) is 31.2 Å². The first-order valence-electron chi connectivity index (χ1n) is 9.02. The van der Waals surface area contributed by atoms with Crippen LogP contribution in [0.2, 0.25) is 0 Å². The van der Waals surface area contributed by atoms with Crippen molar-refractivity contribution in [1.82, 2.24) is 10.2 Å². The van der Waals surface area contributed by atoms with Crippen molar-refractivity contribution < 1.29 is 14.3 Å². The van der Waals surface area contributed by atoms with Crippen LogP contribution in [0.3, 0.4) is 0 Å². The SMILES string of the molecule is CCOC(=O)C1CCN(C(=NC)NCc2cccc(NC(C)=O)c2)CC1.I. The molecule has 0 aliphatic carbocycles. The van der Waals surface area contributed by atoms with Gasteiger partial charge in [-0.15, -0.1) is 24.0 Å². The summed E-state index contributed by atoms with van der Waals surface area (Å²) in [7, 11) is 1.76. The van der Waals surface area contributed by atoms with Gasteiger partial charge in [0.2, 0.25) is 5.91 Å². The highest BCUT2D eigenvalue weighted by atomic mass is 127. The number of amides is 1. The van der Waals surface area contributed by atoms with Gasteiger partial charge in [-0.3, -0.25) is 14.6 Å². The third-order valence-corrected chi connectivity index (χ3v) is 4.32. The highest BCUT2D eigenvalue weighted by Crippen LogP contribution is 2.19. The van der Waals surface area contributed by atoms with Crippen LogP contribution in [0.5, 0.6) is 0 Å². The first kappa shape index (κ1) is 23.2. The molecule has 0 bridgehead atoms. The maximum Gasteiger partial charge on any atom is 0.309 e. The molecule has 2 rings (SSSR count). The number of likely N-dealkylation sites (tertiary alicyclic amines) is 1. The summed E-state index contributed by atoms with van der Waals surface area (Å²) in [6.45, 7) is 5.91. The fraction of sp³-hybridized carbons (Fsp3) is 0.526. The summed E-state index contributed by atoms with van der Waals surface area (Å²) in [4.78, 5) is 29.5. The van der Waals surface area contributed by atoms with E-state index in [1.165, 1.54) is 6.92 Å². The molecular weight excluding hydrogens is 459 g/mol. The molecule has 0 aromatic heterocycles. The number of piperidine rings is 1. The van der Waals surface area contributed by atoms with Gasteiger partial charge in [0.25, 0.3) is 0 Å². The number of hydrogen-bond acceptors (Lipinski definition) is 4. The molecule has 1 heterocycles. The van der Waals surface area contributed by atoms with Gasteiger partial charge in [-0.2, -0.15) is 0 Å². The summed E-state index contributed by atoms with van der Waals surface area (Å²) in [5, 5.41) is 6.14. The number of guanidine groups is 1. The minimum Gasteiger partial charge on any atom is -0.466 e. The van der Waals surface area contributed by atoms with E-state index in [1.54, 1.807) is 7.05 Å². The lowest BCUT2D eigenvalue weighted by molar-refractivity contribution is -0.149. The number of esters is 1. The van der Waals surface area contributed by atoms with Crippen LogP contribution < -0.4 is 10.6 Å². The quantitative estimate of drug-likeness (QED) is 0.288. The van der Waals surface area contributed by atoms with Gasteiger partial charge in [0.15, 0.2) is 5.96 Å². The smallest absolute Gasteiger partial charge is 0.309 e. The Kier molecular flexibility index (Phi) is 10.1. The third-order valence-electron chi connectivity index (χ3n) is 4.32. The number of anilines is 1. The number of aliphatic imine (C=N–C) groups is 1. The van der Waals surface area contributed by atoms with Gasteiger partial charge in [0.05, 0.1) is 12.5 Å². The number of ether oxygens (including phenoxy) is 1. The number of carbonyl (C=O) groups excluding carboxylic acids is 2. The summed E-state index contributed by atoms with van der Waals surface area (Å²) in [6.07, 6.45) is 1.55. The van der Waals surface area contributed by atoms with Gasteiger partial charge in [-0.1, -0.05) is 12.1 Å². The van der Waals surface area contributed by atoms with Gasteiger partial charge < -0.3 is 20.3 Å². The summed E-state index contributed by atoms with van der Waals surface area (Å²) in [5.74, 6) is 0.621. The van der Waals surface area contributed by atoms with Crippen LogP contribution >= 0.6 is 24.0 Å². The molecule has 7 nitrogen and oxygen atoms in total. The fourth-order valence-electron chi connectivity index (χ4n) is 3.06. The third kappa shape index (κ3) is 7.36. The van der Waals surface area contributed by atoms with Gasteiger partial charge in [-0.05, 0) is 37.5 Å². The van der Waals surface area contributed by atoms with Crippen LogP contribution in [0.1, 0.15) is 32.3 Å². The Balaban J connectivity index is 0.00000364. The molecule has 2 N–H and O–H groups in total. The maximum absolute atomic E-state index is 11.8. The monoisotopic (exact) mass is 488 g/mol. The lowest BCUT2D eigenvalue weighted by Crippen LogP contribution is -2.46. The van der Waals surface area contributed by atoms with Crippen molar-refractivity contribution in [3.8, 4) is 0 Å². The highest BCUT2D eigenvalue weighted by Gasteiger charge is 2.27. The zero-order chi connectivity index (χ0) is 18.9. The van der Waals surface area contributed by atoms with Crippen LogP contribution in [-0.2, 0) is 20.9 Å². The van der Waals surface area contributed by atoms with Gasteiger partial charge in [0.1, 0.15) is 0 Å². The van der Waals surface area contributed by atoms with Crippen LogP contribution in [0.15, 0.2) is 29.3 Å². The van der Waals surface area contributed by atoms with Crippen LogP contribution in [0.25, 0.3) is 0 Å². The van der Waals surface area contributed by atoms with E-state index in [9.17, 15) is 9.59 Å². The number of nitrogens with zero attached hydrogens (tertiary/aromatic N) is 2. The number of carbonyl (C=O) groups is 2. The van der Waals surface area contributed by atoms with E-state index in [0.29, 0.717) is 13.2 Å². The minimum atomic E-state index is -0.0927. The Morgan fingerprint density at radius 3 is 2.59 bits per heavy atom. The fourth-order valence-corrected chi connectivity index (χ4v) is 3.06. The normalized spacial score (nSPS) is 14.9. The van der Waals surface area contributed by atoms with Gasteiger partial charge in [0, 0.05) is 39.3 Å². The number of rotatable bonds is 5. The summed E-state index contributed by atoms with van der Waals surface area (Å²) < 4.78 is 5.11. The predicted molar refractivity (Wildman–Crippen MR) is 117 cm³/mol. The number of nitrogens with one attached hydrogen (secondary N) is 2. The molecule has 150 valence electrons. The van der Waals surface area contributed by atoms with Crippen molar-refractivity contribution >= 4 is 47.5 Å². The largest absolute Gasteiger partial charge is 0.466 e. The van der Waals surface area contributed by atoms with Crippen molar-refractivity contribution in [2.45, 2.75) is 33.2 Å². The molecule has 0 atom stereocenters. The number of benzene rings is 1. The molecule has 0 spiro atoms. The standard InChI is InChI=1S/C19H28N4O3.HI/c1-4-26-18(25)16-8-10-23(11-9-16)19(20-3)21-13-15-6-5-7-17(12-15)22-14(2)24;/h5-7,12,16H,4,8-11,13H2,1-3H3,(H,20,21)(H,22,24);1H. The molecule has 1 aromatic rings. The first-order chi connectivity index (χ1) is 12.5. The van der Waals surface area contributed by atoms with Crippen molar-refractivity contribution in [1.29, 1.82) is 0 Å². The second kappa shape index (κ2) is 11.8. The molecule has 8 heteroatoms. The predicted octanol–water partition coefficient (Wildman–Crippen LogP) is 2.61. The second-order valence-electron chi connectivity index (χ2n) is 6.30. The minimum absolute atomic E-state index is 0. The van der Waals surface area contributed by atoms with Crippen molar-refractivity contribution in [3.63, 3.8) is 0 Å². The molecule has 0 unspecified atom stereocenters. The van der Waals surface area contributed by atoms with E-state index in [-0.39, 0.29) is 41.8 Å².